The number of thiophene rings is 1. The van der Waals surface area contributed by atoms with Gasteiger partial charge in [-0.05, 0) is 117 Å². The van der Waals surface area contributed by atoms with Crippen molar-refractivity contribution in [1.82, 2.24) is 4.57 Å². The lowest BCUT2D eigenvalue weighted by Crippen LogP contribution is -2.16. The lowest BCUT2D eigenvalue weighted by molar-refractivity contribution is 0.660. The lowest BCUT2D eigenvalue weighted by atomic mass is 9.82. The largest absolute Gasteiger partial charge is 0.310 e. The summed E-state index contributed by atoms with van der Waals surface area (Å²) in [6.07, 6.45) is 0. The predicted octanol–water partition coefficient (Wildman–Crippen LogP) is 17.9. The molecule has 0 saturated carbocycles. The van der Waals surface area contributed by atoms with E-state index in [9.17, 15) is 0 Å². The number of nitrogens with zero attached hydrogens (tertiary/aromatic N) is 2. The Kier molecular flexibility index (Phi) is 8.78. The van der Waals surface area contributed by atoms with Gasteiger partial charge in [-0.15, -0.1) is 11.3 Å². The number of hydrogen-bond acceptors (Lipinski definition) is 2. The summed E-state index contributed by atoms with van der Waals surface area (Å²) in [5, 5.41) is 5.10. The number of aromatic nitrogens is 1. The molecule has 312 valence electrons. The zero-order valence-electron chi connectivity index (χ0n) is 36.7. The second kappa shape index (κ2) is 15.1. The van der Waals surface area contributed by atoms with Crippen LogP contribution in [0.4, 0.5) is 17.1 Å². The number of para-hydroxylation sites is 1. The molecule has 66 heavy (non-hydrogen) atoms. The van der Waals surface area contributed by atoms with Crippen LogP contribution in [0.15, 0.2) is 231 Å². The minimum absolute atomic E-state index is 0.113. The van der Waals surface area contributed by atoms with Gasteiger partial charge in [-0.3, -0.25) is 0 Å². The monoisotopic (exact) mass is 860 g/mol. The maximum atomic E-state index is 2.49. The summed E-state index contributed by atoms with van der Waals surface area (Å²) in [5.41, 5.74) is 19.6. The van der Waals surface area contributed by atoms with Crippen LogP contribution in [0.5, 0.6) is 0 Å². The molecule has 2 heterocycles. The fourth-order valence-electron chi connectivity index (χ4n) is 10.8. The fraction of sp³-hybridized carbons (Fsp3) is 0.0476. The molecule has 2 nitrogen and oxygen atoms in total. The Morgan fingerprint density at radius 1 is 0.394 bits per heavy atom. The second-order valence-corrected chi connectivity index (χ2v) is 19.1. The van der Waals surface area contributed by atoms with Crippen LogP contribution in [0, 0.1) is 0 Å². The molecular formula is C63H44N2S. The van der Waals surface area contributed by atoms with Crippen molar-refractivity contribution < 1.29 is 0 Å². The maximum Gasteiger partial charge on any atom is 0.0634 e. The molecule has 1 aliphatic carbocycles. The van der Waals surface area contributed by atoms with Crippen molar-refractivity contribution in [3.63, 3.8) is 0 Å². The Morgan fingerprint density at radius 3 is 1.62 bits per heavy atom. The van der Waals surface area contributed by atoms with Crippen LogP contribution in [0.2, 0.25) is 0 Å². The van der Waals surface area contributed by atoms with Crippen LogP contribution in [0.3, 0.4) is 0 Å². The van der Waals surface area contributed by atoms with E-state index < -0.39 is 0 Å². The van der Waals surface area contributed by atoms with E-state index in [2.05, 4.69) is 254 Å². The Hall–Kier alpha value is -7.98. The highest BCUT2D eigenvalue weighted by atomic mass is 32.1. The standard InChI is InChI=1S/C63H44N2S/c1-63(2)56-22-12-9-19-50(56)51-38-37-49(39-57(51)63)64(46-31-25-43(26-32-46)41-15-5-3-6-16-41)47-35-29-45(30-36-47)54-40-55-52-20-10-13-23-58(52)65(48-33-27-44(28-34-48)42-17-7-4-8-18-42)61(55)60-53-21-11-14-24-59(53)66-62(54)60/h3-40H,1-2H3. The third-order valence-corrected chi connectivity index (χ3v) is 15.2. The minimum Gasteiger partial charge on any atom is -0.310 e. The second-order valence-electron chi connectivity index (χ2n) is 18.1. The highest BCUT2D eigenvalue weighted by Gasteiger charge is 2.36. The normalized spacial score (nSPS) is 12.8. The number of benzene rings is 10. The van der Waals surface area contributed by atoms with Crippen LogP contribution in [0.1, 0.15) is 25.0 Å². The SMILES string of the molecule is CC1(C)c2ccccc2-c2ccc(N(c3ccc(-c4ccccc4)cc3)c3ccc(-c4cc5c6ccccc6n(-c6ccc(-c7ccccc7)cc6)c5c5c4sc4ccccc45)cc3)cc21. The van der Waals surface area contributed by atoms with E-state index in [-0.39, 0.29) is 5.41 Å². The molecule has 0 atom stereocenters. The highest BCUT2D eigenvalue weighted by molar-refractivity contribution is 7.26. The highest BCUT2D eigenvalue weighted by Crippen LogP contribution is 2.52. The topological polar surface area (TPSA) is 8.17 Å². The molecule has 0 fully saturated rings. The smallest absolute Gasteiger partial charge is 0.0634 e. The van der Waals surface area contributed by atoms with Crippen LogP contribution >= 0.6 is 11.3 Å². The van der Waals surface area contributed by atoms with E-state index in [0.717, 1.165) is 22.7 Å². The van der Waals surface area contributed by atoms with E-state index >= 15 is 0 Å². The van der Waals surface area contributed by atoms with Gasteiger partial charge in [0.2, 0.25) is 0 Å². The summed E-state index contributed by atoms with van der Waals surface area (Å²) in [7, 11) is 0. The quantitative estimate of drug-likeness (QED) is 0.155. The van der Waals surface area contributed by atoms with Crippen LogP contribution < -0.4 is 4.90 Å². The number of hydrogen-bond donors (Lipinski definition) is 0. The summed E-state index contributed by atoms with van der Waals surface area (Å²) < 4.78 is 5.08. The van der Waals surface area contributed by atoms with Gasteiger partial charge in [0.05, 0.1) is 11.0 Å². The summed E-state index contributed by atoms with van der Waals surface area (Å²) in [6.45, 7) is 4.72. The molecule has 0 N–H and O–H groups in total. The third kappa shape index (κ3) is 6.01. The predicted molar refractivity (Wildman–Crippen MR) is 282 cm³/mol. The number of anilines is 3. The molecule has 0 spiro atoms. The molecule has 3 heteroatoms. The average Bonchev–Trinajstić information content (AvgIpc) is 4.00. The van der Waals surface area contributed by atoms with Gasteiger partial charge in [-0.2, -0.15) is 0 Å². The van der Waals surface area contributed by atoms with Gasteiger partial charge >= 0.3 is 0 Å². The van der Waals surface area contributed by atoms with Crippen molar-refractivity contribution in [3.05, 3.63) is 242 Å². The van der Waals surface area contributed by atoms with E-state index in [1.807, 2.05) is 11.3 Å². The van der Waals surface area contributed by atoms with E-state index in [4.69, 9.17) is 0 Å². The first-order valence-electron chi connectivity index (χ1n) is 22.8. The van der Waals surface area contributed by atoms with Crippen LogP contribution in [-0.2, 0) is 5.41 Å². The van der Waals surface area contributed by atoms with Gasteiger partial charge in [0.25, 0.3) is 0 Å². The lowest BCUT2D eigenvalue weighted by Gasteiger charge is -2.28. The van der Waals surface area contributed by atoms with E-state index in [1.165, 1.54) is 97.6 Å². The van der Waals surface area contributed by atoms with Gasteiger partial charge in [0.15, 0.2) is 0 Å². The van der Waals surface area contributed by atoms with Crippen LogP contribution in [-0.4, -0.2) is 4.57 Å². The Balaban J connectivity index is 0.974. The van der Waals surface area contributed by atoms with Gasteiger partial charge in [-0.1, -0.05) is 178 Å². The zero-order valence-corrected chi connectivity index (χ0v) is 37.6. The van der Waals surface area contributed by atoms with Gasteiger partial charge < -0.3 is 9.47 Å². The summed E-state index contributed by atoms with van der Waals surface area (Å²) in [6, 6.07) is 84.9. The third-order valence-electron chi connectivity index (χ3n) is 14.0. The van der Waals surface area contributed by atoms with Crippen molar-refractivity contribution in [2.45, 2.75) is 19.3 Å². The maximum absolute atomic E-state index is 2.49. The van der Waals surface area contributed by atoms with Crippen LogP contribution in [0.25, 0.3) is 92.2 Å². The Labute approximate surface area is 388 Å². The summed E-state index contributed by atoms with van der Waals surface area (Å²) in [4.78, 5) is 2.42. The van der Waals surface area contributed by atoms with Gasteiger partial charge in [0.1, 0.15) is 0 Å². The van der Waals surface area contributed by atoms with Gasteiger partial charge in [-0.25, -0.2) is 0 Å². The molecule has 13 rings (SSSR count). The fourth-order valence-corrected chi connectivity index (χ4v) is 12.0. The van der Waals surface area contributed by atoms with Crippen molar-refractivity contribution in [1.29, 1.82) is 0 Å². The summed E-state index contributed by atoms with van der Waals surface area (Å²) >= 11 is 1.90. The van der Waals surface area contributed by atoms with Crippen molar-refractivity contribution >= 4 is 70.4 Å². The molecule has 12 aromatic rings. The molecule has 2 aromatic heterocycles. The summed E-state index contributed by atoms with van der Waals surface area (Å²) in [5.74, 6) is 0. The first kappa shape index (κ1) is 38.5. The molecule has 0 unspecified atom stereocenters. The molecular weight excluding hydrogens is 817 g/mol. The molecule has 0 saturated heterocycles. The minimum atomic E-state index is -0.113. The van der Waals surface area contributed by atoms with Gasteiger partial charge in [0, 0.05) is 64.7 Å². The molecule has 10 aromatic carbocycles. The zero-order chi connectivity index (χ0) is 43.9. The first-order valence-corrected chi connectivity index (χ1v) is 23.6. The average molecular weight is 861 g/mol. The Bertz CT molecular complexity index is 3800. The van der Waals surface area contributed by atoms with Crippen molar-refractivity contribution in [3.8, 4) is 50.2 Å². The first-order chi connectivity index (χ1) is 32.5. The van der Waals surface area contributed by atoms with E-state index in [1.54, 1.807) is 0 Å². The molecule has 0 aliphatic heterocycles. The molecule has 0 bridgehead atoms. The van der Waals surface area contributed by atoms with Crippen molar-refractivity contribution in [2.75, 3.05) is 4.90 Å². The van der Waals surface area contributed by atoms with Crippen molar-refractivity contribution in [2.24, 2.45) is 0 Å². The molecule has 0 amide bonds. The number of rotatable bonds is 7. The molecule has 1 aliphatic rings. The molecule has 0 radical (unpaired) electrons. The number of fused-ring (bicyclic) bond motifs is 10. The Morgan fingerprint density at radius 2 is 0.924 bits per heavy atom. The van der Waals surface area contributed by atoms with E-state index in [0.29, 0.717) is 0 Å².